The van der Waals surface area contributed by atoms with Crippen molar-refractivity contribution < 1.29 is 5.11 Å². The molecule has 0 aliphatic carbocycles. The number of anilines is 1. The summed E-state index contributed by atoms with van der Waals surface area (Å²) in [4.78, 5) is 1.13. The Kier molecular flexibility index (Phi) is 8.37. The molecule has 3 N–H and O–H groups in total. The van der Waals surface area contributed by atoms with E-state index in [-0.39, 0.29) is 5.75 Å². The maximum atomic E-state index is 9.21. The molecule has 0 atom stereocenters. The van der Waals surface area contributed by atoms with Gasteiger partial charge in [-0.25, -0.2) is 0 Å². The van der Waals surface area contributed by atoms with Gasteiger partial charge in [0.15, 0.2) is 0 Å². The SMILES string of the molecule is Nc1cc(C(Cl)(Cl)Cl)ccc1S.Oc1cc(C(Cl)(Cl)Cl)ccc1S. The maximum Gasteiger partial charge on any atom is 0.216 e. The summed E-state index contributed by atoms with van der Waals surface area (Å²) in [6.07, 6.45) is 0. The smallest absolute Gasteiger partial charge is 0.216 e. The molecule has 0 heterocycles. The summed E-state index contributed by atoms with van der Waals surface area (Å²) in [5.41, 5.74) is 7.03. The fourth-order valence-corrected chi connectivity index (χ4v) is 2.41. The van der Waals surface area contributed by atoms with Gasteiger partial charge in [0.05, 0.1) is 0 Å². The number of nitrogen functional groups attached to an aromatic ring is 1. The average Bonchev–Trinajstić information content (AvgIpc) is 2.43. The van der Waals surface area contributed by atoms with Crippen molar-refractivity contribution in [3.8, 4) is 5.75 Å². The lowest BCUT2D eigenvalue weighted by atomic mass is 10.2. The van der Waals surface area contributed by atoms with Gasteiger partial charge in [-0.15, -0.1) is 25.3 Å². The zero-order chi connectivity index (χ0) is 18.7. The third-order valence-corrected chi connectivity index (χ3v) is 4.75. The zero-order valence-electron chi connectivity index (χ0n) is 11.7. The molecule has 0 aromatic heterocycles. The number of phenols is 1. The van der Waals surface area contributed by atoms with E-state index in [0.717, 1.165) is 0 Å². The molecular formula is C14H11Cl6NOS2. The number of phenolic OH excluding ortho intramolecular Hbond substituents is 1. The number of benzene rings is 2. The van der Waals surface area contributed by atoms with Crippen molar-refractivity contribution in [1.29, 1.82) is 0 Å². The second kappa shape index (κ2) is 8.92. The highest BCUT2D eigenvalue weighted by Gasteiger charge is 2.23. The van der Waals surface area contributed by atoms with Gasteiger partial charge in [0.2, 0.25) is 7.59 Å². The van der Waals surface area contributed by atoms with Gasteiger partial charge in [-0.05, 0) is 24.3 Å². The molecule has 132 valence electrons. The monoisotopic (exact) mass is 483 g/mol. The molecule has 0 radical (unpaired) electrons. The number of rotatable bonds is 0. The molecule has 24 heavy (non-hydrogen) atoms. The lowest BCUT2D eigenvalue weighted by Gasteiger charge is -2.12. The van der Waals surface area contributed by atoms with Gasteiger partial charge in [-0.1, -0.05) is 81.7 Å². The summed E-state index contributed by atoms with van der Waals surface area (Å²) in [5.74, 6) is 0.00200. The fourth-order valence-electron chi connectivity index (χ4n) is 1.43. The maximum absolute atomic E-state index is 9.21. The Labute approximate surface area is 180 Å². The first-order chi connectivity index (χ1) is 10.8. The largest absolute Gasteiger partial charge is 0.507 e. The predicted octanol–water partition coefficient (Wildman–Crippen LogP) is 6.89. The molecule has 0 spiro atoms. The highest BCUT2D eigenvalue weighted by atomic mass is 35.6. The van der Waals surface area contributed by atoms with E-state index in [9.17, 15) is 5.11 Å². The van der Waals surface area contributed by atoms with Crippen LogP contribution in [0.3, 0.4) is 0 Å². The number of hydrogen-bond acceptors (Lipinski definition) is 4. The van der Waals surface area contributed by atoms with E-state index in [2.05, 4.69) is 25.3 Å². The first kappa shape index (κ1) is 22.5. The molecule has 2 aromatic rings. The van der Waals surface area contributed by atoms with Gasteiger partial charge in [0.25, 0.3) is 0 Å². The molecule has 0 saturated carbocycles. The molecule has 2 aromatic carbocycles. The van der Waals surface area contributed by atoms with Crippen LogP contribution in [0.2, 0.25) is 0 Å². The topological polar surface area (TPSA) is 46.2 Å². The Morgan fingerprint density at radius 1 is 0.750 bits per heavy atom. The van der Waals surface area contributed by atoms with E-state index >= 15 is 0 Å². The normalized spacial score (nSPS) is 11.7. The lowest BCUT2D eigenvalue weighted by Crippen LogP contribution is -2.01. The second-order valence-electron chi connectivity index (χ2n) is 4.47. The van der Waals surface area contributed by atoms with Crippen LogP contribution >= 0.6 is 94.9 Å². The number of thiol groups is 2. The average molecular weight is 486 g/mol. The van der Waals surface area contributed by atoms with Crippen molar-refractivity contribution in [2.75, 3.05) is 5.73 Å². The first-order valence-corrected chi connectivity index (χ1v) is 9.23. The zero-order valence-corrected chi connectivity index (χ0v) is 18.0. The number of hydrogen-bond donors (Lipinski definition) is 4. The summed E-state index contributed by atoms with van der Waals surface area (Å²) in [6, 6.07) is 9.48. The predicted molar refractivity (Wildman–Crippen MR) is 112 cm³/mol. The Morgan fingerprint density at radius 3 is 1.54 bits per heavy atom. The van der Waals surface area contributed by atoms with Crippen LogP contribution in [0.4, 0.5) is 5.69 Å². The van der Waals surface area contributed by atoms with Crippen molar-refractivity contribution >= 4 is 101 Å². The van der Waals surface area contributed by atoms with Crippen LogP contribution < -0.4 is 5.73 Å². The van der Waals surface area contributed by atoms with E-state index in [1.54, 1.807) is 30.3 Å². The molecule has 0 saturated heterocycles. The molecule has 2 nitrogen and oxygen atoms in total. The molecule has 2 rings (SSSR count). The summed E-state index contributed by atoms with van der Waals surface area (Å²) in [5, 5.41) is 9.21. The molecule has 0 unspecified atom stereocenters. The first-order valence-electron chi connectivity index (χ1n) is 6.07. The third kappa shape index (κ3) is 7.00. The van der Waals surface area contributed by atoms with Crippen molar-refractivity contribution in [3.05, 3.63) is 47.5 Å². The van der Waals surface area contributed by atoms with Crippen molar-refractivity contribution in [3.63, 3.8) is 0 Å². The van der Waals surface area contributed by atoms with Crippen LogP contribution in [0, 0.1) is 0 Å². The number of aromatic hydroxyl groups is 1. The van der Waals surface area contributed by atoms with Crippen LogP contribution in [-0.2, 0) is 7.59 Å². The minimum atomic E-state index is -1.50. The quantitative estimate of drug-likeness (QED) is 0.186. The summed E-state index contributed by atoms with van der Waals surface area (Å²) in [6.45, 7) is 0. The van der Waals surface area contributed by atoms with E-state index < -0.39 is 7.59 Å². The standard InChI is InChI=1S/C7H6Cl3NS.C7H5Cl3OS/c2*8-7(9,10)4-1-2-6(12)5(11)3-4/h1-3,12H,11H2;1-3,11-12H. The third-order valence-electron chi connectivity index (χ3n) is 2.66. The van der Waals surface area contributed by atoms with Gasteiger partial charge in [0.1, 0.15) is 5.75 Å². The van der Waals surface area contributed by atoms with Crippen molar-refractivity contribution in [2.45, 2.75) is 17.4 Å². The summed E-state index contributed by atoms with van der Waals surface area (Å²) in [7, 11) is 0. The molecule has 0 amide bonds. The van der Waals surface area contributed by atoms with Crippen LogP contribution in [0.15, 0.2) is 46.2 Å². The fraction of sp³-hybridized carbons (Fsp3) is 0.143. The van der Waals surface area contributed by atoms with Gasteiger partial charge in [-0.3, -0.25) is 0 Å². The molecule has 0 aliphatic rings. The van der Waals surface area contributed by atoms with E-state index in [1.165, 1.54) is 6.07 Å². The number of alkyl halides is 6. The van der Waals surface area contributed by atoms with E-state index in [4.69, 9.17) is 75.3 Å². The van der Waals surface area contributed by atoms with E-state index in [1.807, 2.05) is 0 Å². The van der Waals surface area contributed by atoms with Crippen molar-refractivity contribution in [2.24, 2.45) is 0 Å². The minimum absolute atomic E-state index is 0.00200. The second-order valence-corrected chi connectivity index (χ2v) is 10.00. The minimum Gasteiger partial charge on any atom is -0.507 e. The molecule has 0 fully saturated rings. The van der Waals surface area contributed by atoms with Crippen LogP contribution in [0.5, 0.6) is 5.75 Å². The highest BCUT2D eigenvalue weighted by molar-refractivity contribution is 7.80. The number of nitrogens with two attached hydrogens (primary N) is 1. The summed E-state index contributed by atoms with van der Waals surface area (Å²) < 4.78 is -2.92. The Hall–Kier alpha value is 0.480. The summed E-state index contributed by atoms with van der Waals surface area (Å²) >= 11 is 41.7. The van der Waals surface area contributed by atoms with E-state index in [0.29, 0.717) is 26.6 Å². The Morgan fingerprint density at radius 2 is 1.17 bits per heavy atom. The van der Waals surface area contributed by atoms with Gasteiger partial charge in [-0.2, -0.15) is 0 Å². The van der Waals surface area contributed by atoms with Crippen molar-refractivity contribution in [1.82, 2.24) is 0 Å². The number of halogens is 6. The molecule has 0 bridgehead atoms. The van der Waals surface area contributed by atoms with Gasteiger partial charge in [0, 0.05) is 26.6 Å². The Bertz CT molecular complexity index is 654. The molecular weight excluding hydrogens is 475 g/mol. The molecule has 0 aliphatic heterocycles. The van der Waals surface area contributed by atoms with Crippen LogP contribution in [0.25, 0.3) is 0 Å². The van der Waals surface area contributed by atoms with Crippen LogP contribution in [0.1, 0.15) is 11.1 Å². The molecule has 10 heteroatoms. The highest BCUT2D eigenvalue weighted by Crippen LogP contribution is 2.40. The van der Waals surface area contributed by atoms with Gasteiger partial charge >= 0.3 is 0 Å². The Balaban J connectivity index is 0.000000240. The van der Waals surface area contributed by atoms with Gasteiger partial charge < -0.3 is 10.8 Å². The lowest BCUT2D eigenvalue weighted by molar-refractivity contribution is 0.462. The van der Waals surface area contributed by atoms with Crippen LogP contribution in [-0.4, -0.2) is 5.11 Å².